The van der Waals surface area contributed by atoms with E-state index in [2.05, 4.69) is 4.98 Å². The lowest BCUT2D eigenvalue weighted by Crippen LogP contribution is -2.30. The molecule has 0 radical (unpaired) electrons. The Kier molecular flexibility index (Phi) is 5.91. The molecule has 1 aromatic carbocycles. The lowest BCUT2D eigenvalue weighted by molar-refractivity contribution is 0.0736. The smallest absolute Gasteiger partial charge is 0.270 e. The van der Waals surface area contributed by atoms with Gasteiger partial charge in [-0.15, -0.1) is 0 Å². The Labute approximate surface area is 159 Å². The van der Waals surface area contributed by atoms with E-state index < -0.39 is 10.0 Å². The summed E-state index contributed by atoms with van der Waals surface area (Å²) >= 11 is 0. The largest absolute Gasteiger partial charge is 0.354 e. The summed E-state index contributed by atoms with van der Waals surface area (Å²) in [6.07, 6.45) is 0.561. The molecule has 0 aliphatic rings. The van der Waals surface area contributed by atoms with E-state index in [1.54, 1.807) is 31.0 Å². The van der Waals surface area contributed by atoms with E-state index in [0.717, 1.165) is 5.56 Å². The van der Waals surface area contributed by atoms with Crippen LogP contribution in [0.1, 0.15) is 64.5 Å². The van der Waals surface area contributed by atoms with Crippen LogP contribution in [0.15, 0.2) is 29.2 Å². The molecule has 7 nitrogen and oxygen atoms in total. The van der Waals surface area contributed by atoms with E-state index in [-0.39, 0.29) is 22.6 Å². The van der Waals surface area contributed by atoms with Crippen LogP contribution in [0.3, 0.4) is 0 Å². The number of nitrogens with zero attached hydrogens (tertiary/aromatic N) is 1. The van der Waals surface area contributed by atoms with Crippen LogP contribution in [0.5, 0.6) is 0 Å². The summed E-state index contributed by atoms with van der Waals surface area (Å²) in [5, 5.41) is 5.12. The summed E-state index contributed by atoms with van der Waals surface area (Å²) in [7, 11) is -2.09. The first kappa shape index (κ1) is 20.9. The van der Waals surface area contributed by atoms with Crippen molar-refractivity contribution in [3.05, 3.63) is 52.3 Å². The number of aryl methyl sites for hydroxylation is 1. The summed E-state index contributed by atoms with van der Waals surface area (Å²) in [4.78, 5) is 29.6. The molecule has 0 saturated carbocycles. The van der Waals surface area contributed by atoms with Crippen LogP contribution in [0, 0.1) is 6.92 Å². The average molecular weight is 391 g/mol. The molecule has 3 N–H and O–H groups in total. The Balaban J connectivity index is 2.35. The number of rotatable bonds is 6. The number of hydrogen-bond acceptors (Lipinski definition) is 4. The quantitative estimate of drug-likeness (QED) is 0.737. The van der Waals surface area contributed by atoms with Gasteiger partial charge in [-0.05, 0) is 50.5 Å². The number of Topliss-reactive ketones (excluding diaryl/α,β-unsaturated/α-hetero) is 1. The third kappa shape index (κ3) is 4.12. The highest BCUT2D eigenvalue weighted by Crippen LogP contribution is 2.26. The summed E-state index contributed by atoms with van der Waals surface area (Å²) in [6, 6.07) is 5.81. The lowest BCUT2D eigenvalue weighted by Gasteiger charge is -2.25. The van der Waals surface area contributed by atoms with Crippen molar-refractivity contribution in [2.45, 2.75) is 45.1 Å². The van der Waals surface area contributed by atoms with Gasteiger partial charge in [0.25, 0.3) is 5.91 Å². The predicted octanol–water partition coefficient (Wildman–Crippen LogP) is 2.57. The number of H-pyrrole nitrogens is 1. The van der Waals surface area contributed by atoms with E-state index in [9.17, 15) is 18.0 Å². The summed E-state index contributed by atoms with van der Waals surface area (Å²) < 4.78 is 22.8. The number of nitrogens with one attached hydrogen (secondary N) is 1. The lowest BCUT2D eigenvalue weighted by atomic mass is 10.0. The second kappa shape index (κ2) is 7.66. The third-order valence-corrected chi connectivity index (χ3v) is 5.73. The minimum absolute atomic E-state index is 0.0202. The van der Waals surface area contributed by atoms with Crippen molar-refractivity contribution in [2.75, 3.05) is 7.05 Å². The Hall–Kier alpha value is -2.45. The van der Waals surface area contributed by atoms with Gasteiger partial charge in [0.05, 0.1) is 10.9 Å². The third-order valence-electron chi connectivity index (χ3n) is 4.80. The predicted molar refractivity (Wildman–Crippen MR) is 103 cm³/mol. The standard InChI is InChI=1S/C19H25N3O4S/c1-6-16-17(13(4)23)11(2)21-18(16)19(24)22(5)12(3)14-7-9-15(10-8-14)27(20,25)26/h7-10,12,21H,6H2,1-5H3,(H2,20,25,26). The van der Waals surface area contributed by atoms with Crippen molar-refractivity contribution in [3.8, 4) is 0 Å². The van der Waals surface area contributed by atoms with Gasteiger partial charge in [0, 0.05) is 18.3 Å². The maximum absolute atomic E-state index is 13.0. The van der Waals surface area contributed by atoms with Crippen LogP contribution in [0.25, 0.3) is 0 Å². The van der Waals surface area contributed by atoms with Crippen molar-refractivity contribution in [1.29, 1.82) is 0 Å². The van der Waals surface area contributed by atoms with Crippen LogP contribution in [-0.2, 0) is 16.4 Å². The number of carbonyl (C=O) groups is 2. The number of amides is 1. The number of nitrogens with two attached hydrogens (primary N) is 1. The second-order valence-electron chi connectivity index (χ2n) is 6.59. The highest BCUT2D eigenvalue weighted by atomic mass is 32.2. The topological polar surface area (TPSA) is 113 Å². The highest BCUT2D eigenvalue weighted by molar-refractivity contribution is 7.89. The van der Waals surface area contributed by atoms with Gasteiger partial charge in [-0.3, -0.25) is 9.59 Å². The Bertz CT molecular complexity index is 975. The fourth-order valence-electron chi connectivity index (χ4n) is 3.20. The molecule has 1 atom stereocenters. The van der Waals surface area contributed by atoms with Crippen LogP contribution in [-0.4, -0.2) is 37.0 Å². The van der Waals surface area contributed by atoms with Gasteiger partial charge in [0.1, 0.15) is 5.69 Å². The molecule has 1 aromatic heterocycles. The molecule has 0 saturated heterocycles. The van der Waals surface area contributed by atoms with Gasteiger partial charge in [-0.1, -0.05) is 19.1 Å². The molecule has 2 rings (SSSR count). The van der Waals surface area contributed by atoms with Gasteiger partial charge in [-0.25, -0.2) is 13.6 Å². The fourth-order valence-corrected chi connectivity index (χ4v) is 3.72. The molecule has 2 aromatic rings. The minimum atomic E-state index is -3.76. The molecule has 0 aliphatic carbocycles. The SMILES string of the molecule is CCc1c(C(=O)N(C)C(C)c2ccc(S(N)(=O)=O)cc2)[nH]c(C)c1C(C)=O. The molecular formula is C19H25N3O4S. The van der Waals surface area contributed by atoms with Crippen molar-refractivity contribution in [2.24, 2.45) is 5.14 Å². The number of aromatic amines is 1. The van der Waals surface area contributed by atoms with Gasteiger partial charge in [-0.2, -0.15) is 0 Å². The maximum Gasteiger partial charge on any atom is 0.270 e. The van der Waals surface area contributed by atoms with E-state index in [4.69, 9.17) is 5.14 Å². The molecule has 1 amide bonds. The summed E-state index contributed by atoms with van der Waals surface area (Å²) in [6.45, 7) is 7.02. The molecule has 0 aliphatic heterocycles. The number of aromatic nitrogens is 1. The van der Waals surface area contributed by atoms with Crippen LogP contribution >= 0.6 is 0 Å². The zero-order chi connectivity index (χ0) is 20.5. The second-order valence-corrected chi connectivity index (χ2v) is 8.16. The Morgan fingerprint density at radius 1 is 1.22 bits per heavy atom. The average Bonchev–Trinajstić information content (AvgIpc) is 2.95. The first-order chi connectivity index (χ1) is 12.5. The number of benzene rings is 1. The summed E-state index contributed by atoms with van der Waals surface area (Å²) in [5.74, 6) is -0.306. The van der Waals surface area contributed by atoms with Crippen molar-refractivity contribution in [1.82, 2.24) is 9.88 Å². The van der Waals surface area contributed by atoms with Crippen molar-refractivity contribution < 1.29 is 18.0 Å². The zero-order valence-electron chi connectivity index (χ0n) is 16.2. The van der Waals surface area contributed by atoms with Gasteiger partial charge in [0.15, 0.2) is 5.78 Å². The number of carbonyl (C=O) groups excluding carboxylic acids is 2. The number of primary sulfonamides is 1. The van der Waals surface area contributed by atoms with E-state index in [1.165, 1.54) is 19.1 Å². The molecule has 1 unspecified atom stereocenters. The first-order valence-electron chi connectivity index (χ1n) is 8.61. The van der Waals surface area contributed by atoms with E-state index in [1.807, 2.05) is 13.8 Å². The fraction of sp³-hybridized carbons (Fsp3) is 0.368. The monoisotopic (exact) mass is 391 g/mol. The first-order valence-corrected chi connectivity index (χ1v) is 10.2. The molecule has 8 heteroatoms. The Morgan fingerprint density at radius 3 is 2.22 bits per heavy atom. The Morgan fingerprint density at radius 2 is 1.78 bits per heavy atom. The van der Waals surface area contributed by atoms with E-state index in [0.29, 0.717) is 28.9 Å². The van der Waals surface area contributed by atoms with Gasteiger partial charge >= 0.3 is 0 Å². The molecule has 146 valence electrons. The zero-order valence-corrected chi connectivity index (χ0v) is 17.0. The van der Waals surface area contributed by atoms with Crippen LogP contribution in [0.4, 0.5) is 0 Å². The summed E-state index contributed by atoms with van der Waals surface area (Å²) in [5.41, 5.74) is 3.15. The molecule has 1 heterocycles. The van der Waals surface area contributed by atoms with Crippen molar-refractivity contribution >= 4 is 21.7 Å². The van der Waals surface area contributed by atoms with Crippen LogP contribution < -0.4 is 5.14 Å². The molecule has 0 spiro atoms. The highest BCUT2D eigenvalue weighted by Gasteiger charge is 2.26. The van der Waals surface area contributed by atoms with Crippen LogP contribution in [0.2, 0.25) is 0 Å². The van der Waals surface area contributed by atoms with Gasteiger partial charge < -0.3 is 9.88 Å². The molecule has 0 fully saturated rings. The van der Waals surface area contributed by atoms with E-state index >= 15 is 0 Å². The number of ketones is 1. The minimum Gasteiger partial charge on any atom is -0.354 e. The number of hydrogen-bond donors (Lipinski definition) is 2. The van der Waals surface area contributed by atoms with Gasteiger partial charge in [0.2, 0.25) is 10.0 Å². The van der Waals surface area contributed by atoms with Crippen molar-refractivity contribution in [3.63, 3.8) is 0 Å². The number of sulfonamides is 1. The normalized spacial score (nSPS) is 12.7. The maximum atomic E-state index is 13.0. The molecular weight excluding hydrogens is 366 g/mol. The molecule has 27 heavy (non-hydrogen) atoms. The molecule has 0 bridgehead atoms.